The number of hydrogen-bond acceptors (Lipinski definition) is 4. The molecule has 0 heterocycles. The Labute approximate surface area is 138 Å². The SMILES string of the molecule is CSCCCN/C(=C\C=N)C(=O)NC(C)C(C1CC1)C1CC1. The zero-order valence-electron chi connectivity index (χ0n) is 13.7. The van der Waals surface area contributed by atoms with Crippen LogP contribution in [0.5, 0.6) is 0 Å². The summed E-state index contributed by atoms with van der Waals surface area (Å²) in [5, 5.41) is 13.6. The maximum atomic E-state index is 12.4. The minimum absolute atomic E-state index is 0.0635. The van der Waals surface area contributed by atoms with E-state index in [4.69, 9.17) is 5.41 Å². The van der Waals surface area contributed by atoms with Crippen LogP contribution in [-0.4, -0.2) is 36.7 Å². The first kappa shape index (κ1) is 17.4. The zero-order chi connectivity index (χ0) is 15.9. The number of nitrogens with one attached hydrogen (secondary N) is 3. The van der Waals surface area contributed by atoms with Crippen LogP contribution in [0, 0.1) is 23.2 Å². The zero-order valence-corrected chi connectivity index (χ0v) is 14.5. The van der Waals surface area contributed by atoms with Gasteiger partial charge in [0.2, 0.25) is 0 Å². The third kappa shape index (κ3) is 5.34. The van der Waals surface area contributed by atoms with Crippen molar-refractivity contribution in [3.63, 3.8) is 0 Å². The Morgan fingerprint density at radius 2 is 1.95 bits per heavy atom. The first-order valence-corrected chi connectivity index (χ1v) is 9.81. The van der Waals surface area contributed by atoms with Crippen LogP contribution in [-0.2, 0) is 4.79 Å². The molecule has 2 aliphatic carbocycles. The summed E-state index contributed by atoms with van der Waals surface area (Å²) in [4.78, 5) is 12.4. The predicted octanol–water partition coefficient (Wildman–Crippen LogP) is 2.80. The van der Waals surface area contributed by atoms with Crippen molar-refractivity contribution in [3.8, 4) is 0 Å². The molecule has 0 saturated heterocycles. The van der Waals surface area contributed by atoms with Gasteiger partial charge in [-0.1, -0.05) is 0 Å². The normalized spacial score (nSPS) is 19.9. The second-order valence-electron chi connectivity index (χ2n) is 6.53. The molecule has 3 N–H and O–H groups in total. The second-order valence-corrected chi connectivity index (χ2v) is 7.52. The fraction of sp³-hybridized carbons (Fsp3) is 0.765. The van der Waals surface area contributed by atoms with Gasteiger partial charge in [0.05, 0.1) is 0 Å². The molecule has 0 radical (unpaired) electrons. The van der Waals surface area contributed by atoms with Gasteiger partial charge in [0.25, 0.3) is 5.91 Å². The van der Waals surface area contributed by atoms with E-state index in [1.807, 2.05) is 0 Å². The van der Waals surface area contributed by atoms with E-state index in [2.05, 4.69) is 23.8 Å². The second kappa shape index (κ2) is 8.61. The summed E-state index contributed by atoms with van der Waals surface area (Å²) >= 11 is 1.81. The van der Waals surface area contributed by atoms with Gasteiger partial charge in [0.1, 0.15) is 5.70 Å². The lowest BCUT2D eigenvalue weighted by Gasteiger charge is -2.25. The molecule has 0 aromatic heterocycles. The highest BCUT2D eigenvalue weighted by Crippen LogP contribution is 2.50. The van der Waals surface area contributed by atoms with Crippen LogP contribution in [0.1, 0.15) is 39.0 Å². The number of allylic oxidation sites excluding steroid dienone is 1. The summed E-state index contributed by atoms with van der Waals surface area (Å²) in [6, 6.07) is 0.231. The number of amides is 1. The van der Waals surface area contributed by atoms with Gasteiger partial charge in [-0.15, -0.1) is 0 Å². The number of carbonyl (C=O) groups excluding carboxylic acids is 1. The molecule has 0 aromatic rings. The molecule has 1 atom stereocenters. The van der Waals surface area contributed by atoms with E-state index in [1.54, 1.807) is 17.8 Å². The van der Waals surface area contributed by atoms with Gasteiger partial charge in [-0.05, 0) is 74.9 Å². The van der Waals surface area contributed by atoms with Crippen LogP contribution in [0.2, 0.25) is 0 Å². The van der Waals surface area contributed by atoms with E-state index in [9.17, 15) is 4.79 Å². The Morgan fingerprint density at radius 1 is 1.32 bits per heavy atom. The number of hydrogen-bond donors (Lipinski definition) is 3. The number of carbonyl (C=O) groups is 1. The first-order valence-electron chi connectivity index (χ1n) is 8.41. The van der Waals surface area contributed by atoms with E-state index < -0.39 is 0 Å². The molecule has 4 nitrogen and oxygen atoms in total. The summed E-state index contributed by atoms with van der Waals surface area (Å²) in [7, 11) is 0. The van der Waals surface area contributed by atoms with Crippen molar-refractivity contribution in [2.24, 2.45) is 17.8 Å². The minimum atomic E-state index is -0.0635. The summed E-state index contributed by atoms with van der Waals surface area (Å²) in [6.07, 6.45) is 11.2. The molecule has 0 aliphatic heterocycles. The largest absolute Gasteiger partial charge is 0.381 e. The van der Waals surface area contributed by atoms with Gasteiger partial charge in [-0.2, -0.15) is 11.8 Å². The third-order valence-corrected chi connectivity index (χ3v) is 5.30. The summed E-state index contributed by atoms with van der Waals surface area (Å²) in [5.74, 6) is 3.32. The standard InChI is InChI=1S/C17H29N3OS/c1-12(16(13-4-5-13)14-6-7-14)20-17(21)15(8-9-18)19-10-3-11-22-2/h8-9,12-14,16,18-19H,3-7,10-11H2,1-2H3,(H,20,21)/b15-8-,18-9?. The molecule has 0 aromatic carbocycles. The molecule has 0 bridgehead atoms. The van der Waals surface area contributed by atoms with Crippen molar-refractivity contribution >= 4 is 23.9 Å². The highest BCUT2D eigenvalue weighted by molar-refractivity contribution is 7.98. The molecule has 2 saturated carbocycles. The maximum Gasteiger partial charge on any atom is 0.267 e. The molecule has 2 aliphatic rings. The number of thioether (sulfide) groups is 1. The van der Waals surface area contributed by atoms with Crippen LogP contribution in [0.4, 0.5) is 0 Å². The van der Waals surface area contributed by atoms with E-state index in [-0.39, 0.29) is 11.9 Å². The molecule has 124 valence electrons. The Balaban J connectivity index is 1.83. The Bertz CT molecular complexity index is 404. The minimum Gasteiger partial charge on any atom is -0.381 e. The summed E-state index contributed by atoms with van der Waals surface area (Å²) in [6.45, 7) is 2.92. The fourth-order valence-electron chi connectivity index (χ4n) is 3.28. The molecule has 1 amide bonds. The van der Waals surface area contributed by atoms with E-state index in [1.165, 1.54) is 31.9 Å². The molecule has 22 heavy (non-hydrogen) atoms. The van der Waals surface area contributed by atoms with Crippen LogP contribution in [0.15, 0.2) is 11.8 Å². The Hall–Kier alpha value is -0.970. The van der Waals surface area contributed by atoms with E-state index in [0.717, 1.165) is 30.6 Å². The predicted molar refractivity (Wildman–Crippen MR) is 94.4 cm³/mol. The quantitative estimate of drug-likeness (QED) is 0.311. The van der Waals surface area contributed by atoms with Crippen molar-refractivity contribution in [3.05, 3.63) is 11.8 Å². The van der Waals surface area contributed by atoms with Crippen LogP contribution < -0.4 is 10.6 Å². The lowest BCUT2D eigenvalue weighted by Crippen LogP contribution is -2.43. The van der Waals surface area contributed by atoms with Crippen molar-refractivity contribution in [1.29, 1.82) is 5.41 Å². The van der Waals surface area contributed by atoms with Crippen molar-refractivity contribution in [1.82, 2.24) is 10.6 Å². The van der Waals surface area contributed by atoms with Gasteiger partial charge in [0.15, 0.2) is 0 Å². The van der Waals surface area contributed by atoms with E-state index in [0.29, 0.717) is 11.6 Å². The van der Waals surface area contributed by atoms with Crippen LogP contribution in [0.3, 0.4) is 0 Å². The molecule has 1 unspecified atom stereocenters. The van der Waals surface area contributed by atoms with Crippen molar-refractivity contribution in [2.75, 3.05) is 18.6 Å². The average Bonchev–Trinajstić information content (AvgIpc) is 3.36. The number of rotatable bonds is 11. The van der Waals surface area contributed by atoms with Gasteiger partial charge in [-0.3, -0.25) is 4.79 Å². The van der Waals surface area contributed by atoms with Crippen LogP contribution in [0.25, 0.3) is 0 Å². The molecule has 2 rings (SSSR count). The molecule has 2 fully saturated rings. The monoisotopic (exact) mass is 323 g/mol. The highest BCUT2D eigenvalue weighted by Gasteiger charge is 2.44. The fourth-order valence-corrected chi connectivity index (χ4v) is 3.72. The maximum absolute atomic E-state index is 12.4. The Kier molecular flexibility index (Phi) is 6.80. The molecular weight excluding hydrogens is 294 g/mol. The molecular formula is C17H29N3OS. The van der Waals surface area contributed by atoms with Crippen molar-refractivity contribution in [2.45, 2.75) is 45.1 Å². The van der Waals surface area contributed by atoms with Gasteiger partial charge >= 0.3 is 0 Å². The van der Waals surface area contributed by atoms with Crippen LogP contribution >= 0.6 is 11.8 Å². The first-order chi connectivity index (χ1) is 10.7. The summed E-state index contributed by atoms with van der Waals surface area (Å²) < 4.78 is 0. The smallest absolute Gasteiger partial charge is 0.267 e. The van der Waals surface area contributed by atoms with Crippen molar-refractivity contribution < 1.29 is 4.79 Å². The highest BCUT2D eigenvalue weighted by atomic mass is 32.2. The lowest BCUT2D eigenvalue weighted by molar-refractivity contribution is -0.118. The van der Waals surface area contributed by atoms with Gasteiger partial charge in [0, 0.05) is 18.8 Å². The van der Waals surface area contributed by atoms with E-state index >= 15 is 0 Å². The topological polar surface area (TPSA) is 65.0 Å². The lowest BCUT2D eigenvalue weighted by atomic mass is 9.90. The molecule has 0 spiro atoms. The van der Waals surface area contributed by atoms with Gasteiger partial charge < -0.3 is 16.0 Å². The summed E-state index contributed by atoms with van der Waals surface area (Å²) in [5.41, 5.74) is 0.522. The Morgan fingerprint density at radius 3 is 2.45 bits per heavy atom. The average molecular weight is 324 g/mol. The molecule has 5 heteroatoms. The third-order valence-electron chi connectivity index (χ3n) is 4.60. The van der Waals surface area contributed by atoms with Gasteiger partial charge in [-0.25, -0.2) is 0 Å².